The van der Waals surface area contributed by atoms with E-state index in [0.29, 0.717) is 5.69 Å². The zero-order valence-electron chi connectivity index (χ0n) is 11.7. The monoisotopic (exact) mass is 286 g/mol. The summed E-state index contributed by atoms with van der Waals surface area (Å²) in [5.41, 5.74) is 1.66. The number of likely N-dealkylation sites (tertiary alicyclic amines) is 1. The van der Waals surface area contributed by atoms with Gasteiger partial charge in [-0.3, -0.25) is 4.90 Å². The second kappa shape index (κ2) is 6.48. The van der Waals surface area contributed by atoms with E-state index in [2.05, 4.69) is 17.1 Å². The second-order valence-corrected chi connectivity index (χ2v) is 5.62. The van der Waals surface area contributed by atoms with Gasteiger partial charge in [0.1, 0.15) is 6.54 Å². The highest BCUT2D eigenvalue weighted by Gasteiger charge is 2.26. The molecule has 20 heavy (non-hydrogen) atoms. The third kappa shape index (κ3) is 5.04. The molecular formula is C15H21F3N2. The van der Waals surface area contributed by atoms with E-state index in [4.69, 9.17) is 0 Å². The van der Waals surface area contributed by atoms with Gasteiger partial charge in [0.25, 0.3) is 0 Å². The molecule has 1 N–H and O–H groups in total. The summed E-state index contributed by atoms with van der Waals surface area (Å²) in [6.45, 7) is 4.38. The topological polar surface area (TPSA) is 15.3 Å². The minimum Gasteiger partial charge on any atom is -0.376 e. The first-order valence-corrected chi connectivity index (χ1v) is 7.04. The van der Waals surface area contributed by atoms with E-state index in [-0.39, 0.29) is 0 Å². The fraction of sp³-hybridized carbons (Fsp3) is 0.600. The first-order chi connectivity index (χ1) is 9.42. The summed E-state index contributed by atoms with van der Waals surface area (Å²) in [7, 11) is 0. The summed E-state index contributed by atoms with van der Waals surface area (Å²) in [4.78, 5) is 2.40. The number of rotatable bonds is 4. The number of nitrogens with zero attached hydrogens (tertiary/aromatic N) is 1. The lowest BCUT2D eigenvalue weighted by atomic mass is 9.99. The largest absolute Gasteiger partial charge is 0.405 e. The van der Waals surface area contributed by atoms with E-state index in [1.165, 1.54) is 12.8 Å². The van der Waals surface area contributed by atoms with E-state index in [9.17, 15) is 13.2 Å². The first kappa shape index (κ1) is 15.2. The van der Waals surface area contributed by atoms with Crippen molar-refractivity contribution in [1.29, 1.82) is 0 Å². The molecule has 2 rings (SSSR count). The average Bonchev–Trinajstić information content (AvgIpc) is 2.40. The van der Waals surface area contributed by atoms with Crippen molar-refractivity contribution >= 4 is 5.69 Å². The number of halogens is 3. The third-order valence-corrected chi connectivity index (χ3v) is 3.73. The van der Waals surface area contributed by atoms with E-state index in [1.54, 1.807) is 12.1 Å². The van der Waals surface area contributed by atoms with Crippen LogP contribution in [0.1, 0.15) is 25.3 Å². The Labute approximate surface area is 118 Å². The fourth-order valence-electron chi connectivity index (χ4n) is 2.41. The predicted octanol–water partition coefficient (Wildman–Crippen LogP) is 3.89. The van der Waals surface area contributed by atoms with Gasteiger partial charge in [-0.15, -0.1) is 0 Å². The van der Waals surface area contributed by atoms with E-state index in [1.807, 2.05) is 12.1 Å². The van der Waals surface area contributed by atoms with Gasteiger partial charge in [0.15, 0.2) is 0 Å². The van der Waals surface area contributed by atoms with Crippen LogP contribution in [0.2, 0.25) is 0 Å². The Balaban J connectivity index is 1.82. The molecule has 2 nitrogen and oxygen atoms in total. The average molecular weight is 286 g/mol. The molecule has 0 radical (unpaired) electrons. The van der Waals surface area contributed by atoms with E-state index in [0.717, 1.165) is 31.1 Å². The lowest BCUT2D eigenvalue weighted by molar-refractivity contribution is -0.115. The molecule has 1 aromatic rings. The standard InChI is InChI=1S/C15H21F3N2/c1-12-6-8-20(9-7-12)10-13-2-4-14(5-3-13)19-11-15(16,17)18/h2-5,12,19H,6-11H2,1H3. The summed E-state index contributed by atoms with van der Waals surface area (Å²) in [5.74, 6) is 0.806. The van der Waals surface area contributed by atoms with Crippen molar-refractivity contribution in [1.82, 2.24) is 4.90 Å². The maximum Gasteiger partial charge on any atom is 0.405 e. The zero-order valence-corrected chi connectivity index (χ0v) is 11.7. The molecule has 112 valence electrons. The molecule has 5 heteroatoms. The van der Waals surface area contributed by atoms with Gasteiger partial charge in [-0.05, 0) is 49.5 Å². The zero-order chi connectivity index (χ0) is 14.6. The van der Waals surface area contributed by atoms with Crippen LogP contribution >= 0.6 is 0 Å². The lowest BCUT2D eigenvalue weighted by Gasteiger charge is -2.30. The molecule has 0 aromatic heterocycles. The number of nitrogens with one attached hydrogen (secondary N) is 1. The number of anilines is 1. The quantitative estimate of drug-likeness (QED) is 0.903. The van der Waals surface area contributed by atoms with Gasteiger partial charge in [0.2, 0.25) is 0 Å². The van der Waals surface area contributed by atoms with Crippen LogP contribution in [0.3, 0.4) is 0 Å². The fourth-order valence-corrected chi connectivity index (χ4v) is 2.41. The molecule has 0 bridgehead atoms. The van der Waals surface area contributed by atoms with Crippen LogP contribution in [0.4, 0.5) is 18.9 Å². The van der Waals surface area contributed by atoms with E-state index < -0.39 is 12.7 Å². The van der Waals surface area contributed by atoms with Crippen LogP contribution in [0.5, 0.6) is 0 Å². The van der Waals surface area contributed by atoms with Crippen LogP contribution in [0, 0.1) is 5.92 Å². The van der Waals surface area contributed by atoms with Crippen molar-refractivity contribution in [2.24, 2.45) is 5.92 Å². The number of hydrogen-bond acceptors (Lipinski definition) is 2. The Morgan fingerprint density at radius 1 is 1.15 bits per heavy atom. The molecule has 1 saturated heterocycles. The third-order valence-electron chi connectivity index (χ3n) is 3.73. The van der Waals surface area contributed by atoms with Crippen molar-refractivity contribution < 1.29 is 13.2 Å². The van der Waals surface area contributed by atoms with Crippen molar-refractivity contribution in [3.05, 3.63) is 29.8 Å². The van der Waals surface area contributed by atoms with Crippen molar-refractivity contribution in [3.8, 4) is 0 Å². The number of piperidine rings is 1. The minimum absolute atomic E-state index is 0.512. The van der Waals surface area contributed by atoms with Gasteiger partial charge in [0.05, 0.1) is 0 Å². The summed E-state index contributed by atoms with van der Waals surface area (Å²) in [6.07, 6.45) is -1.72. The predicted molar refractivity (Wildman–Crippen MR) is 74.7 cm³/mol. The Morgan fingerprint density at radius 3 is 2.30 bits per heavy atom. The minimum atomic E-state index is -4.18. The molecule has 0 spiro atoms. The molecule has 0 saturated carbocycles. The maximum atomic E-state index is 12.1. The molecular weight excluding hydrogens is 265 g/mol. The highest BCUT2D eigenvalue weighted by atomic mass is 19.4. The first-order valence-electron chi connectivity index (χ1n) is 7.04. The summed E-state index contributed by atoms with van der Waals surface area (Å²) >= 11 is 0. The highest BCUT2D eigenvalue weighted by molar-refractivity contribution is 5.44. The molecule has 1 fully saturated rings. The molecule has 1 heterocycles. The van der Waals surface area contributed by atoms with Crippen LogP contribution in [-0.4, -0.2) is 30.7 Å². The van der Waals surface area contributed by atoms with Gasteiger partial charge in [-0.25, -0.2) is 0 Å². The Kier molecular flexibility index (Phi) is 4.91. The Morgan fingerprint density at radius 2 is 1.75 bits per heavy atom. The number of benzene rings is 1. The maximum absolute atomic E-state index is 12.1. The van der Waals surface area contributed by atoms with Crippen molar-refractivity contribution in [3.63, 3.8) is 0 Å². The Bertz CT molecular complexity index is 406. The van der Waals surface area contributed by atoms with Gasteiger partial charge in [-0.1, -0.05) is 19.1 Å². The molecule has 0 atom stereocenters. The molecule has 0 unspecified atom stereocenters. The molecule has 0 aliphatic carbocycles. The Hall–Kier alpha value is -1.23. The van der Waals surface area contributed by atoms with E-state index >= 15 is 0 Å². The van der Waals surface area contributed by atoms with Crippen LogP contribution < -0.4 is 5.32 Å². The summed E-state index contributed by atoms with van der Waals surface area (Å²) < 4.78 is 36.3. The SMILES string of the molecule is CC1CCN(Cc2ccc(NCC(F)(F)F)cc2)CC1. The summed E-state index contributed by atoms with van der Waals surface area (Å²) in [6, 6.07) is 7.23. The van der Waals surface area contributed by atoms with Gasteiger partial charge >= 0.3 is 6.18 Å². The van der Waals surface area contributed by atoms with Gasteiger partial charge < -0.3 is 5.32 Å². The smallest absolute Gasteiger partial charge is 0.376 e. The highest BCUT2D eigenvalue weighted by Crippen LogP contribution is 2.20. The number of hydrogen-bond donors (Lipinski definition) is 1. The lowest BCUT2D eigenvalue weighted by Crippen LogP contribution is -2.32. The number of alkyl halides is 3. The molecule has 0 amide bonds. The van der Waals surface area contributed by atoms with Gasteiger partial charge in [0, 0.05) is 12.2 Å². The molecule has 1 aliphatic heterocycles. The molecule has 1 aromatic carbocycles. The molecule has 1 aliphatic rings. The van der Waals surface area contributed by atoms with Crippen molar-refractivity contribution in [2.45, 2.75) is 32.5 Å². The van der Waals surface area contributed by atoms with Crippen molar-refractivity contribution in [2.75, 3.05) is 25.0 Å². The summed E-state index contributed by atoms with van der Waals surface area (Å²) in [5, 5.41) is 2.38. The van der Waals surface area contributed by atoms with Crippen LogP contribution in [0.15, 0.2) is 24.3 Å². The van der Waals surface area contributed by atoms with Gasteiger partial charge in [-0.2, -0.15) is 13.2 Å². The normalized spacial score (nSPS) is 18.2. The van der Waals surface area contributed by atoms with Crippen LogP contribution in [0.25, 0.3) is 0 Å². The van der Waals surface area contributed by atoms with Crippen LogP contribution in [-0.2, 0) is 6.54 Å². The second-order valence-electron chi connectivity index (χ2n) is 5.62.